The molecule has 0 aliphatic heterocycles. The Morgan fingerprint density at radius 3 is 2.62 bits per heavy atom. The van der Waals surface area contributed by atoms with Crippen molar-refractivity contribution in [3.8, 4) is 0 Å². The number of unbranched alkanes of at least 4 members (excludes halogenated alkanes) is 1. The van der Waals surface area contributed by atoms with Crippen LogP contribution in [0, 0.1) is 0 Å². The van der Waals surface area contributed by atoms with Gasteiger partial charge in [-0.15, -0.1) is 11.8 Å². The Morgan fingerprint density at radius 1 is 1.38 bits per heavy atom. The largest absolute Gasteiger partial charge is 0.480 e. The van der Waals surface area contributed by atoms with E-state index in [2.05, 4.69) is 33.4 Å². The van der Waals surface area contributed by atoms with Gasteiger partial charge in [0.25, 0.3) is 0 Å². The molecule has 1 unspecified atom stereocenters. The summed E-state index contributed by atoms with van der Waals surface area (Å²) >= 11 is 5.25. The number of benzene rings is 1. The van der Waals surface area contributed by atoms with Gasteiger partial charge in [-0.3, -0.25) is 10.1 Å². The van der Waals surface area contributed by atoms with E-state index < -0.39 is 11.5 Å². The van der Waals surface area contributed by atoms with Gasteiger partial charge >= 0.3 is 5.97 Å². The number of carboxylic acid groups (broad SMARTS) is 1. The molecule has 21 heavy (non-hydrogen) atoms. The molecule has 0 bridgehead atoms. The van der Waals surface area contributed by atoms with Gasteiger partial charge in [-0.25, -0.2) is 0 Å². The minimum Gasteiger partial charge on any atom is -0.480 e. The number of rotatable bonds is 9. The van der Waals surface area contributed by atoms with Gasteiger partial charge in [0, 0.05) is 15.4 Å². The molecule has 1 aliphatic carbocycles. The van der Waals surface area contributed by atoms with Crippen molar-refractivity contribution >= 4 is 33.7 Å². The third kappa shape index (κ3) is 5.64. The Morgan fingerprint density at radius 2 is 2.05 bits per heavy atom. The van der Waals surface area contributed by atoms with Crippen LogP contribution in [0.25, 0.3) is 0 Å². The summed E-state index contributed by atoms with van der Waals surface area (Å²) in [6.07, 6.45) is 4.90. The smallest absolute Gasteiger partial charge is 0.323 e. The van der Waals surface area contributed by atoms with Crippen LogP contribution in [0.15, 0.2) is 33.6 Å². The second kappa shape index (κ2) is 7.65. The first kappa shape index (κ1) is 16.8. The van der Waals surface area contributed by atoms with Gasteiger partial charge in [-0.05, 0) is 62.6 Å². The van der Waals surface area contributed by atoms with Crippen molar-refractivity contribution in [3.63, 3.8) is 0 Å². The van der Waals surface area contributed by atoms with E-state index >= 15 is 0 Å². The fraction of sp³-hybridized carbons (Fsp3) is 0.562. The zero-order chi connectivity index (χ0) is 15.3. The maximum Gasteiger partial charge on any atom is 0.323 e. The number of thioether (sulfide) groups is 1. The number of aliphatic carboxylic acids is 1. The van der Waals surface area contributed by atoms with Crippen LogP contribution in [0.4, 0.5) is 0 Å². The van der Waals surface area contributed by atoms with E-state index in [1.807, 2.05) is 30.8 Å². The van der Waals surface area contributed by atoms with Crippen LogP contribution in [0.2, 0.25) is 0 Å². The van der Waals surface area contributed by atoms with E-state index in [9.17, 15) is 9.90 Å². The number of nitrogens with one attached hydrogen (secondary N) is 1. The molecule has 1 aromatic carbocycles. The summed E-state index contributed by atoms with van der Waals surface area (Å²) in [5.74, 6) is 0.302. The Hall–Kier alpha value is -0.520. The minimum atomic E-state index is -0.760. The number of carboxylic acids is 1. The molecule has 0 heterocycles. The van der Waals surface area contributed by atoms with Gasteiger partial charge in [0.15, 0.2) is 0 Å². The third-order valence-electron chi connectivity index (χ3n) is 3.73. The highest BCUT2D eigenvalue weighted by atomic mass is 79.9. The molecule has 2 rings (SSSR count). The Labute approximate surface area is 139 Å². The predicted molar refractivity (Wildman–Crippen MR) is 90.9 cm³/mol. The highest BCUT2D eigenvalue weighted by Gasteiger charge is 2.37. The maximum absolute atomic E-state index is 11.4. The van der Waals surface area contributed by atoms with E-state index in [0.29, 0.717) is 12.5 Å². The highest BCUT2D eigenvalue weighted by Crippen LogP contribution is 2.26. The van der Waals surface area contributed by atoms with Crippen molar-refractivity contribution in [2.24, 2.45) is 0 Å². The monoisotopic (exact) mass is 371 g/mol. The predicted octanol–water partition coefficient (Wildman–Crippen LogP) is 4.31. The van der Waals surface area contributed by atoms with Gasteiger partial charge in [0.05, 0.1) is 0 Å². The summed E-state index contributed by atoms with van der Waals surface area (Å²) in [6.45, 7) is 1.81. The van der Waals surface area contributed by atoms with Gasteiger partial charge in [0.1, 0.15) is 5.54 Å². The molecule has 0 aromatic heterocycles. The lowest BCUT2D eigenvalue weighted by Crippen LogP contribution is -2.50. The normalized spacial score (nSPS) is 17.4. The molecule has 1 aromatic rings. The summed E-state index contributed by atoms with van der Waals surface area (Å²) in [5, 5.41) is 12.7. The SMILES string of the molecule is CC(CCCCSc1ccc(Br)cc1)(NC1CC1)C(=O)O. The van der Waals surface area contributed by atoms with E-state index in [1.165, 1.54) is 4.90 Å². The van der Waals surface area contributed by atoms with Crippen LogP contribution in [0.1, 0.15) is 39.0 Å². The zero-order valence-electron chi connectivity index (χ0n) is 12.3. The summed E-state index contributed by atoms with van der Waals surface area (Å²) in [4.78, 5) is 12.7. The fourth-order valence-corrected chi connectivity index (χ4v) is 3.40. The lowest BCUT2D eigenvalue weighted by atomic mass is 9.95. The molecule has 2 N–H and O–H groups in total. The number of hydrogen-bond acceptors (Lipinski definition) is 3. The molecule has 5 heteroatoms. The molecular formula is C16H22BrNO2S. The number of halogens is 1. The zero-order valence-corrected chi connectivity index (χ0v) is 14.7. The van der Waals surface area contributed by atoms with Crippen molar-refractivity contribution in [1.82, 2.24) is 5.32 Å². The summed E-state index contributed by atoms with van der Waals surface area (Å²) < 4.78 is 1.09. The van der Waals surface area contributed by atoms with Crippen LogP contribution in [0.5, 0.6) is 0 Å². The van der Waals surface area contributed by atoms with Gasteiger partial charge in [-0.2, -0.15) is 0 Å². The van der Waals surface area contributed by atoms with Crippen LogP contribution < -0.4 is 5.32 Å². The van der Waals surface area contributed by atoms with Crippen molar-refractivity contribution < 1.29 is 9.90 Å². The first-order valence-electron chi connectivity index (χ1n) is 7.39. The van der Waals surface area contributed by atoms with E-state index in [1.54, 1.807) is 0 Å². The Bertz CT molecular complexity index is 476. The molecule has 1 aliphatic rings. The highest BCUT2D eigenvalue weighted by molar-refractivity contribution is 9.10. The minimum absolute atomic E-state index is 0.420. The van der Waals surface area contributed by atoms with E-state index in [-0.39, 0.29) is 0 Å². The summed E-state index contributed by atoms with van der Waals surface area (Å²) in [5.41, 5.74) is -0.760. The molecule has 0 radical (unpaired) electrons. The van der Waals surface area contributed by atoms with Crippen molar-refractivity contribution in [2.45, 2.75) is 55.5 Å². The summed E-state index contributed by atoms with van der Waals surface area (Å²) in [7, 11) is 0. The maximum atomic E-state index is 11.4. The van der Waals surface area contributed by atoms with Crippen molar-refractivity contribution in [1.29, 1.82) is 0 Å². The standard InChI is InChI=1S/C16H22BrNO2S/c1-16(15(19)20,18-13-6-7-13)10-2-3-11-21-14-8-4-12(17)5-9-14/h4-5,8-9,13,18H,2-3,6-7,10-11H2,1H3,(H,19,20). The number of carbonyl (C=O) groups is 1. The van der Waals surface area contributed by atoms with Crippen molar-refractivity contribution in [2.75, 3.05) is 5.75 Å². The van der Waals surface area contributed by atoms with Gasteiger partial charge < -0.3 is 5.11 Å². The van der Waals surface area contributed by atoms with Crippen LogP contribution in [-0.2, 0) is 4.79 Å². The first-order valence-corrected chi connectivity index (χ1v) is 9.17. The second-order valence-electron chi connectivity index (χ2n) is 5.82. The van der Waals surface area contributed by atoms with Gasteiger partial charge in [0.2, 0.25) is 0 Å². The molecule has 0 saturated heterocycles. The Balaban J connectivity index is 1.67. The van der Waals surface area contributed by atoms with E-state index in [4.69, 9.17) is 0 Å². The van der Waals surface area contributed by atoms with Crippen LogP contribution >= 0.6 is 27.7 Å². The average molecular weight is 372 g/mol. The molecule has 3 nitrogen and oxygen atoms in total. The topological polar surface area (TPSA) is 49.3 Å². The Kier molecular flexibility index (Phi) is 6.14. The molecule has 0 spiro atoms. The molecule has 1 fully saturated rings. The second-order valence-corrected chi connectivity index (χ2v) is 7.90. The number of hydrogen-bond donors (Lipinski definition) is 2. The molecular weight excluding hydrogens is 350 g/mol. The lowest BCUT2D eigenvalue weighted by molar-refractivity contribution is -0.144. The quantitative estimate of drug-likeness (QED) is 0.501. The molecule has 0 amide bonds. The van der Waals surface area contributed by atoms with Crippen LogP contribution in [-0.4, -0.2) is 28.4 Å². The third-order valence-corrected chi connectivity index (χ3v) is 5.35. The molecule has 116 valence electrons. The average Bonchev–Trinajstić information content (AvgIpc) is 3.24. The first-order chi connectivity index (χ1) is 9.99. The molecule has 1 saturated carbocycles. The summed E-state index contributed by atoms with van der Waals surface area (Å²) in [6, 6.07) is 8.71. The van der Waals surface area contributed by atoms with Gasteiger partial charge in [-0.1, -0.05) is 22.4 Å². The van der Waals surface area contributed by atoms with E-state index in [0.717, 1.165) is 35.9 Å². The lowest BCUT2D eigenvalue weighted by Gasteiger charge is -2.26. The van der Waals surface area contributed by atoms with Crippen LogP contribution in [0.3, 0.4) is 0 Å². The van der Waals surface area contributed by atoms with Crippen molar-refractivity contribution in [3.05, 3.63) is 28.7 Å². The fourth-order valence-electron chi connectivity index (χ4n) is 2.22. The molecule has 1 atom stereocenters.